The molecule has 0 saturated carbocycles. The topological polar surface area (TPSA) is 89.5 Å². The average Bonchev–Trinajstić information content (AvgIpc) is 2.63. The van der Waals surface area contributed by atoms with Crippen molar-refractivity contribution in [2.75, 3.05) is 41.7 Å². The van der Waals surface area contributed by atoms with Crippen molar-refractivity contribution < 1.29 is 38.0 Å². The zero-order valence-corrected chi connectivity index (χ0v) is 14.9. The molecule has 0 radical (unpaired) electrons. The van der Waals surface area contributed by atoms with Crippen molar-refractivity contribution in [3.05, 3.63) is 23.8 Å². The van der Waals surface area contributed by atoms with Gasteiger partial charge in [0.15, 0.2) is 17.8 Å². The highest BCUT2D eigenvalue weighted by Crippen LogP contribution is 2.32. The smallest absolute Gasteiger partial charge is 0.308 e. The lowest BCUT2D eigenvalue weighted by Crippen LogP contribution is -2.11. The molecule has 0 aromatic heterocycles. The third-order valence-electron chi connectivity index (χ3n) is 3.25. The average molecular weight is 356 g/mol. The number of esters is 2. The summed E-state index contributed by atoms with van der Waals surface area (Å²) in [6.45, 7) is 0.255. The standard InChI is InChI=1S/C17H24O8/c1-20-15(18)7-9-24-13-6-5-12(17(22-3)23-4)11-14(13)25-10-8-16(19)21-2/h5-6,11,17H,7-10H2,1-4H3. The monoisotopic (exact) mass is 356 g/mol. The molecule has 1 rings (SSSR count). The lowest BCUT2D eigenvalue weighted by molar-refractivity contribution is -0.142. The molecule has 8 heteroatoms. The van der Waals surface area contributed by atoms with E-state index in [0.717, 1.165) is 5.56 Å². The second kappa shape index (κ2) is 11.3. The van der Waals surface area contributed by atoms with Gasteiger partial charge in [-0.2, -0.15) is 0 Å². The van der Waals surface area contributed by atoms with Gasteiger partial charge in [0.05, 0.1) is 40.3 Å². The van der Waals surface area contributed by atoms with Crippen LogP contribution in [0.25, 0.3) is 0 Å². The number of rotatable bonds is 11. The van der Waals surface area contributed by atoms with Crippen molar-refractivity contribution in [3.8, 4) is 11.5 Å². The van der Waals surface area contributed by atoms with Crippen LogP contribution in [0, 0.1) is 0 Å². The molecule has 0 N–H and O–H groups in total. The summed E-state index contributed by atoms with van der Waals surface area (Å²) in [5, 5.41) is 0. The molecular formula is C17H24O8. The van der Waals surface area contributed by atoms with Crippen molar-refractivity contribution in [2.45, 2.75) is 19.1 Å². The molecule has 0 amide bonds. The van der Waals surface area contributed by atoms with Crippen molar-refractivity contribution in [2.24, 2.45) is 0 Å². The first kappa shape index (κ1) is 20.7. The Hall–Kier alpha value is -2.32. The van der Waals surface area contributed by atoms with Gasteiger partial charge in [0.1, 0.15) is 0 Å². The number of hydrogen-bond acceptors (Lipinski definition) is 8. The summed E-state index contributed by atoms with van der Waals surface area (Å²) in [4.78, 5) is 22.4. The molecule has 0 spiro atoms. The van der Waals surface area contributed by atoms with Crippen LogP contribution >= 0.6 is 0 Å². The van der Waals surface area contributed by atoms with E-state index in [1.165, 1.54) is 28.4 Å². The normalized spacial score (nSPS) is 10.4. The van der Waals surface area contributed by atoms with Gasteiger partial charge in [0.2, 0.25) is 0 Å². The number of benzene rings is 1. The Labute approximate surface area is 146 Å². The van der Waals surface area contributed by atoms with Gasteiger partial charge in [-0.3, -0.25) is 9.59 Å². The first-order valence-corrected chi connectivity index (χ1v) is 7.64. The lowest BCUT2D eigenvalue weighted by Gasteiger charge is -2.17. The highest BCUT2D eigenvalue weighted by atomic mass is 16.7. The van der Waals surface area contributed by atoms with Gasteiger partial charge >= 0.3 is 11.9 Å². The molecule has 140 valence electrons. The first-order valence-electron chi connectivity index (χ1n) is 7.64. The zero-order chi connectivity index (χ0) is 18.7. The Kier molecular flexibility index (Phi) is 9.34. The quantitative estimate of drug-likeness (QED) is 0.438. The Morgan fingerprint density at radius 2 is 1.36 bits per heavy atom. The van der Waals surface area contributed by atoms with E-state index in [4.69, 9.17) is 18.9 Å². The largest absolute Gasteiger partial charge is 0.489 e. The Morgan fingerprint density at radius 3 is 1.84 bits per heavy atom. The van der Waals surface area contributed by atoms with E-state index in [1.54, 1.807) is 18.2 Å². The van der Waals surface area contributed by atoms with Crippen molar-refractivity contribution in [1.82, 2.24) is 0 Å². The van der Waals surface area contributed by atoms with Crippen molar-refractivity contribution in [1.29, 1.82) is 0 Å². The molecular weight excluding hydrogens is 332 g/mol. The lowest BCUT2D eigenvalue weighted by atomic mass is 10.2. The van der Waals surface area contributed by atoms with E-state index in [1.807, 2.05) is 0 Å². The van der Waals surface area contributed by atoms with Crippen molar-refractivity contribution >= 4 is 11.9 Å². The minimum absolute atomic E-state index is 0.0975. The van der Waals surface area contributed by atoms with Gasteiger partial charge in [-0.05, 0) is 12.1 Å². The van der Waals surface area contributed by atoms with Gasteiger partial charge in [-0.15, -0.1) is 0 Å². The molecule has 1 aromatic rings. The molecule has 8 nitrogen and oxygen atoms in total. The van der Waals surface area contributed by atoms with E-state index in [9.17, 15) is 9.59 Å². The summed E-state index contributed by atoms with van der Waals surface area (Å²) in [5.74, 6) is 0.0911. The summed E-state index contributed by atoms with van der Waals surface area (Å²) in [6.07, 6.45) is -0.356. The third kappa shape index (κ3) is 6.98. The number of hydrogen-bond donors (Lipinski definition) is 0. The molecule has 0 saturated heterocycles. The van der Waals surface area contributed by atoms with Crippen molar-refractivity contribution in [3.63, 3.8) is 0 Å². The minimum Gasteiger partial charge on any atom is -0.489 e. The maximum absolute atomic E-state index is 11.2. The fraction of sp³-hybridized carbons (Fsp3) is 0.529. The highest BCUT2D eigenvalue weighted by molar-refractivity contribution is 5.69. The summed E-state index contributed by atoms with van der Waals surface area (Å²) in [7, 11) is 5.67. The van der Waals surface area contributed by atoms with Crippen LogP contribution in [0.3, 0.4) is 0 Å². The number of ether oxygens (including phenoxy) is 6. The summed E-state index contributed by atoms with van der Waals surface area (Å²) in [6, 6.07) is 5.14. The molecule has 1 aromatic carbocycles. The van der Waals surface area contributed by atoms with Crippen LogP contribution in [0.2, 0.25) is 0 Å². The first-order chi connectivity index (χ1) is 12.0. The van der Waals surface area contributed by atoms with Gasteiger partial charge in [-0.25, -0.2) is 0 Å². The molecule has 0 fully saturated rings. The molecule has 0 unspecified atom stereocenters. The van der Waals surface area contributed by atoms with E-state index in [-0.39, 0.29) is 38.0 Å². The van der Waals surface area contributed by atoms with Gasteiger partial charge in [0, 0.05) is 19.8 Å². The number of carbonyl (C=O) groups is 2. The van der Waals surface area contributed by atoms with E-state index in [2.05, 4.69) is 9.47 Å². The van der Waals surface area contributed by atoms with Crippen LogP contribution in [0.1, 0.15) is 24.7 Å². The SMILES string of the molecule is COC(=O)CCOc1ccc(C(OC)OC)cc1OCCC(=O)OC. The summed E-state index contributed by atoms with van der Waals surface area (Å²) < 4.78 is 30.8. The zero-order valence-electron chi connectivity index (χ0n) is 14.9. The van der Waals surface area contributed by atoms with Gasteiger partial charge in [-0.1, -0.05) is 6.07 Å². The van der Waals surface area contributed by atoms with Crippen LogP contribution in [0.15, 0.2) is 18.2 Å². The van der Waals surface area contributed by atoms with E-state index in [0.29, 0.717) is 11.5 Å². The molecule has 0 aliphatic heterocycles. The third-order valence-corrected chi connectivity index (χ3v) is 3.25. The fourth-order valence-electron chi connectivity index (χ4n) is 1.96. The number of methoxy groups -OCH3 is 4. The maximum atomic E-state index is 11.2. The van der Waals surface area contributed by atoms with Gasteiger partial charge < -0.3 is 28.4 Å². The fourth-order valence-corrected chi connectivity index (χ4v) is 1.96. The Balaban J connectivity index is 2.84. The molecule has 0 heterocycles. The Morgan fingerprint density at radius 1 is 0.840 bits per heavy atom. The molecule has 0 aliphatic rings. The second-order valence-corrected chi connectivity index (χ2v) is 4.86. The Bertz CT molecular complexity index is 554. The maximum Gasteiger partial charge on any atom is 0.308 e. The predicted octanol–water partition coefficient (Wildman–Crippen LogP) is 1.86. The predicted molar refractivity (Wildman–Crippen MR) is 87.5 cm³/mol. The molecule has 0 atom stereocenters. The highest BCUT2D eigenvalue weighted by Gasteiger charge is 2.15. The van der Waals surface area contributed by atoms with Crippen LogP contribution in [-0.2, 0) is 28.5 Å². The van der Waals surface area contributed by atoms with Gasteiger partial charge in [0.25, 0.3) is 0 Å². The van der Waals surface area contributed by atoms with Crippen LogP contribution in [0.4, 0.5) is 0 Å². The minimum atomic E-state index is -0.563. The molecule has 0 aliphatic carbocycles. The summed E-state index contributed by atoms with van der Waals surface area (Å²) in [5.41, 5.74) is 0.721. The van der Waals surface area contributed by atoms with Crippen LogP contribution < -0.4 is 9.47 Å². The number of carbonyl (C=O) groups excluding carboxylic acids is 2. The molecule has 0 bridgehead atoms. The second-order valence-electron chi connectivity index (χ2n) is 4.86. The molecule has 25 heavy (non-hydrogen) atoms. The van der Waals surface area contributed by atoms with E-state index >= 15 is 0 Å². The van der Waals surface area contributed by atoms with Crippen LogP contribution in [0.5, 0.6) is 11.5 Å². The summed E-state index contributed by atoms with van der Waals surface area (Å²) >= 11 is 0. The van der Waals surface area contributed by atoms with Crippen LogP contribution in [-0.4, -0.2) is 53.6 Å². The van der Waals surface area contributed by atoms with E-state index < -0.39 is 6.29 Å².